The normalized spacial score (nSPS) is 24.8. The summed E-state index contributed by atoms with van der Waals surface area (Å²) in [6.45, 7) is 5.38. The van der Waals surface area contributed by atoms with Crippen molar-refractivity contribution in [2.24, 2.45) is 5.41 Å². The molecule has 0 amide bonds. The van der Waals surface area contributed by atoms with E-state index >= 15 is 0 Å². The molecule has 1 rings (SSSR count). The molecule has 1 atom stereocenters. The van der Waals surface area contributed by atoms with E-state index in [0.29, 0.717) is 0 Å². The molecule has 0 aromatic carbocycles. The maximum absolute atomic E-state index is 13.5. The highest BCUT2D eigenvalue weighted by atomic mass is 31.2. The minimum atomic E-state index is -4.01. The van der Waals surface area contributed by atoms with Crippen molar-refractivity contribution in [3.8, 4) is 0 Å². The molecule has 1 heterocycles. The molecule has 1 unspecified atom stereocenters. The first-order chi connectivity index (χ1) is 7.31. The lowest BCUT2D eigenvalue weighted by Gasteiger charge is -2.34. The average Bonchev–Trinajstić information content (AvgIpc) is 2.22. The van der Waals surface area contributed by atoms with Crippen LogP contribution in [0.1, 0.15) is 20.8 Å². The van der Waals surface area contributed by atoms with Crippen LogP contribution in [0.25, 0.3) is 0 Å². The number of hydrogen-bond acceptors (Lipinski definition) is 5. The van der Waals surface area contributed by atoms with Gasteiger partial charge in [-0.05, 0) is 6.92 Å². The molecule has 1 aliphatic heterocycles. The van der Waals surface area contributed by atoms with Crippen molar-refractivity contribution < 1.29 is 27.5 Å². The average molecular weight is 254 g/mol. The summed E-state index contributed by atoms with van der Waals surface area (Å²) in [6, 6.07) is 0. The lowest BCUT2D eigenvalue weighted by atomic mass is 9.97. The highest BCUT2D eigenvalue weighted by Gasteiger charge is 2.48. The van der Waals surface area contributed by atoms with Crippen molar-refractivity contribution in [1.29, 1.82) is 0 Å². The first-order valence-electron chi connectivity index (χ1n) is 5.00. The summed E-state index contributed by atoms with van der Waals surface area (Å²) in [6.07, 6.45) is 0. The van der Waals surface area contributed by atoms with Gasteiger partial charge in [-0.2, -0.15) is 0 Å². The highest BCUT2D eigenvalue weighted by molar-refractivity contribution is 7.55. The topological polar surface area (TPSA) is 61.8 Å². The second kappa shape index (κ2) is 4.82. The maximum Gasteiger partial charge on any atom is 0.376 e. The number of carbonyl (C=O) groups is 1. The molecule has 94 valence electrons. The van der Waals surface area contributed by atoms with Crippen molar-refractivity contribution in [1.82, 2.24) is 0 Å². The number of alkyl halides is 1. The fourth-order valence-corrected chi connectivity index (χ4v) is 2.81. The number of esters is 1. The summed E-state index contributed by atoms with van der Waals surface area (Å²) in [5.41, 5.74) is -0.331. The molecule has 0 radical (unpaired) electrons. The molecular weight excluding hydrogens is 238 g/mol. The summed E-state index contributed by atoms with van der Waals surface area (Å²) in [4.78, 5) is 11.1. The van der Waals surface area contributed by atoms with Gasteiger partial charge in [-0.25, -0.2) is 9.18 Å². The van der Waals surface area contributed by atoms with Crippen LogP contribution in [0, 0.1) is 5.41 Å². The molecule has 0 aromatic rings. The van der Waals surface area contributed by atoms with Gasteiger partial charge in [0.2, 0.25) is 0 Å². The smallest absolute Gasteiger partial charge is 0.376 e. The van der Waals surface area contributed by atoms with Gasteiger partial charge in [0, 0.05) is 5.41 Å². The van der Waals surface area contributed by atoms with E-state index in [2.05, 4.69) is 4.74 Å². The Morgan fingerprint density at radius 2 is 2.00 bits per heavy atom. The fourth-order valence-electron chi connectivity index (χ4n) is 1.08. The quantitative estimate of drug-likeness (QED) is 0.570. The van der Waals surface area contributed by atoms with Gasteiger partial charge in [0.1, 0.15) is 0 Å². The SMILES string of the molecule is CCOC(=O)C(F)P1(=O)OCC(C)(C)CO1. The van der Waals surface area contributed by atoms with Crippen LogP contribution in [0.4, 0.5) is 4.39 Å². The second-order valence-electron chi connectivity index (χ2n) is 4.34. The van der Waals surface area contributed by atoms with Gasteiger partial charge in [-0.3, -0.25) is 4.57 Å². The standard InChI is InChI=1S/C9H16FO5P/c1-4-13-8(11)7(10)16(12)14-5-9(2,3)6-15-16/h7H,4-6H2,1-3H3. The Kier molecular flexibility index (Phi) is 4.10. The molecule has 1 saturated heterocycles. The third kappa shape index (κ3) is 3.03. The summed E-state index contributed by atoms with van der Waals surface area (Å²) in [5.74, 6) is -3.56. The van der Waals surface area contributed by atoms with Gasteiger partial charge in [0.25, 0.3) is 5.91 Å². The van der Waals surface area contributed by atoms with Crippen molar-refractivity contribution in [2.75, 3.05) is 19.8 Å². The molecule has 0 spiro atoms. The molecular formula is C9H16FO5P. The fraction of sp³-hybridized carbons (Fsp3) is 0.889. The Morgan fingerprint density at radius 3 is 2.44 bits per heavy atom. The van der Waals surface area contributed by atoms with E-state index in [0.717, 1.165) is 0 Å². The molecule has 7 heteroatoms. The summed E-state index contributed by atoms with van der Waals surface area (Å²) >= 11 is 0. The predicted molar refractivity (Wildman–Crippen MR) is 54.8 cm³/mol. The maximum atomic E-state index is 13.5. The van der Waals surface area contributed by atoms with Crippen molar-refractivity contribution >= 4 is 13.6 Å². The zero-order valence-corrected chi connectivity index (χ0v) is 10.5. The molecule has 1 fully saturated rings. The van der Waals surface area contributed by atoms with Crippen LogP contribution in [0.2, 0.25) is 0 Å². The molecule has 0 saturated carbocycles. The largest absolute Gasteiger partial charge is 0.463 e. The third-order valence-corrected chi connectivity index (χ3v) is 3.77. The Balaban J connectivity index is 2.66. The third-order valence-electron chi connectivity index (χ3n) is 2.03. The van der Waals surface area contributed by atoms with E-state index in [1.807, 2.05) is 13.8 Å². The minimum absolute atomic E-state index is 0.0186. The molecule has 0 bridgehead atoms. The molecule has 1 aliphatic rings. The number of halogens is 1. The number of ether oxygens (including phenoxy) is 1. The van der Waals surface area contributed by atoms with E-state index in [9.17, 15) is 13.8 Å². The first kappa shape index (κ1) is 13.6. The Bertz CT molecular complexity index is 303. The number of carbonyl (C=O) groups excluding carboxylic acids is 1. The molecule has 0 N–H and O–H groups in total. The van der Waals surface area contributed by atoms with Gasteiger partial charge >= 0.3 is 13.6 Å². The van der Waals surface area contributed by atoms with Crippen molar-refractivity contribution in [2.45, 2.75) is 26.7 Å². The van der Waals surface area contributed by atoms with Crippen molar-refractivity contribution in [3.05, 3.63) is 0 Å². The van der Waals surface area contributed by atoms with Crippen LogP contribution in [0.5, 0.6) is 0 Å². The van der Waals surface area contributed by atoms with Crippen LogP contribution in [-0.4, -0.2) is 31.7 Å². The zero-order chi connectivity index (χ0) is 12.4. The van der Waals surface area contributed by atoms with E-state index in [1.54, 1.807) is 0 Å². The van der Waals surface area contributed by atoms with Crippen LogP contribution < -0.4 is 0 Å². The lowest BCUT2D eigenvalue weighted by Crippen LogP contribution is -2.33. The van der Waals surface area contributed by atoms with Gasteiger partial charge in [-0.1, -0.05) is 13.8 Å². The van der Waals surface area contributed by atoms with E-state index in [1.165, 1.54) is 6.92 Å². The summed E-state index contributed by atoms with van der Waals surface area (Å²) < 4.78 is 39.5. The van der Waals surface area contributed by atoms with Gasteiger partial charge in [0.15, 0.2) is 0 Å². The molecule has 5 nitrogen and oxygen atoms in total. The Labute approximate surface area is 93.8 Å². The lowest BCUT2D eigenvalue weighted by molar-refractivity contribution is -0.146. The molecule has 0 aromatic heterocycles. The predicted octanol–water partition coefficient (Wildman–Crippen LogP) is 2.11. The van der Waals surface area contributed by atoms with E-state index in [-0.39, 0.29) is 25.2 Å². The summed E-state index contributed by atoms with van der Waals surface area (Å²) in [7, 11) is -4.01. The zero-order valence-electron chi connectivity index (χ0n) is 9.57. The molecule has 16 heavy (non-hydrogen) atoms. The summed E-state index contributed by atoms with van der Waals surface area (Å²) in [5, 5.41) is 0. The Morgan fingerprint density at radius 1 is 1.50 bits per heavy atom. The highest BCUT2D eigenvalue weighted by Crippen LogP contribution is 2.58. The van der Waals surface area contributed by atoms with E-state index < -0.39 is 19.5 Å². The van der Waals surface area contributed by atoms with Crippen LogP contribution in [0.15, 0.2) is 0 Å². The Hall–Kier alpha value is -0.450. The van der Waals surface area contributed by atoms with Crippen molar-refractivity contribution in [3.63, 3.8) is 0 Å². The van der Waals surface area contributed by atoms with Gasteiger partial charge < -0.3 is 13.8 Å². The van der Waals surface area contributed by atoms with E-state index in [4.69, 9.17) is 9.05 Å². The monoisotopic (exact) mass is 254 g/mol. The first-order valence-corrected chi connectivity index (χ1v) is 6.61. The van der Waals surface area contributed by atoms with Crippen LogP contribution in [0.3, 0.4) is 0 Å². The van der Waals surface area contributed by atoms with Crippen LogP contribution >= 0.6 is 7.60 Å². The van der Waals surface area contributed by atoms with Crippen LogP contribution in [-0.2, 0) is 23.1 Å². The molecule has 0 aliphatic carbocycles. The minimum Gasteiger partial charge on any atom is -0.463 e. The van der Waals surface area contributed by atoms with Gasteiger partial charge in [0.05, 0.1) is 19.8 Å². The second-order valence-corrected chi connectivity index (χ2v) is 6.39. The van der Waals surface area contributed by atoms with Gasteiger partial charge in [-0.15, -0.1) is 0 Å². The number of hydrogen-bond donors (Lipinski definition) is 0. The number of rotatable bonds is 3.